The summed E-state index contributed by atoms with van der Waals surface area (Å²) < 4.78 is 5.81. The zero-order valence-corrected chi connectivity index (χ0v) is 13.1. The second-order valence-corrected chi connectivity index (χ2v) is 7.92. The van der Waals surface area contributed by atoms with E-state index < -0.39 is 0 Å². The molecule has 0 aromatic rings. The van der Waals surface area contributed by atoms with Crippen LogP contribution in [0.3, 0.4) is 0 Å². The van der Waals surface area contributed by atoms with Crippen LogP contribution in [0.25, 0.3) is 0 Å². The van der Waals surface area contributed by atoms with E-state index in [0.29, 0.717) is 16.9 Å². The number of fused-ring (bicyclic) bond motifs is 2. The second kappa shape index (κ2) is 4.49. The van der Waals surface area contributed by atoms with E-state index >= 15 is 0 Å². The molecule has 2 saturated carbocycles. The Morgan fingerprint density at radius 1 is 1.28 bits per heavy atom. The van der Waals surface area contributed by atoms with Crippen molar-refractivity contribution in [3.05, 3.63) is 0 Å². The van der Waals surface area contributed by atoms with Gasteiger partial charge in [0.2, 0.25) is 0 Å². The first-order valence-electron chi connectivity index (χ1n) is 7.59. The van der Waals surface area contributed by atoms with Crippen molar-refractivity contribution in [1.82, 2.24) is 5.32 Å². The Morgan fingerprint density at radius 3 is 2.44 bits per heavy atom. The van der Waals surface area contributed by atoms with Crippen LogP contribution < -0.4 is 5.32 Å². The fourth-order valence-corrected chi connectivity index (χ4v) is 4.60. The predicted octanol–water partition coefficient (Wildman–Crippen LogP) is 3.61. The van der Waals surface area contributed by atoms with Crippen LogP contribution in [0, 0.1) is 16.7 Å². The highest BCUT2D eigenvalue weighted by atomic mass is 16.5. The van der Waals surface area contributed by atoms with Crippen LogP contribution in [0.2, 0.25) is 0 Å². The second-order valence-electron chi connectivity index (χ2n) is 7.92. The summed E-state index contributed by atoms with van der Waals surface area (Å²) in [5, 5.41) is 3.84. The normalized spacial score (nSPS) is 38.3. The van der Waals surface area contributed by atoms with Gasteiger partial charge in [0.15, 0.2) is 0 Å². The molecule has 0 amide bonds. The molecular formula is C16H31NO. The van der Waals surface area contributed by atoms with Gasteiger partial charge >= 0.3 is 0 Å². The minimum atomic E-state index is -0.0526. The summed E-state index contributed by atoms with van der Waals surface area (Å²) in [6.45, 7) is 15.6. The van der Waals surface area contributed by atoms with Gasteiger partial charge < -0.3 is 10.1 Å². The van der Waals surface area contributed by atoms with Crippen molar-refractivity contribution in [3.63, 3.8) is 0 Å². The van der Waals surface area contributed by atoms with E-state index in [1.807, 2.05) is 0 Å². The lowest BCUT2D eigenvalue weighted by Gasteiger charge is -2.44. The van der Waals surface area contributed by atoms with Crippen LogP contribution in [0.5, 0.6) is 0 Å². The maximum Gasteiger partial charge on any atom is 0.0750 e. The van der Waals surface area contributed by atoms with Gasteiger partial charge in [-0.3, -0.25) is 0 Å². The summed E-state index contributed by atoms with van der Waals surface area (Å²) in [6.07, 6.45) is 4.23. The molecule has 2 aliphatic carbocycles. The summed E-state index contributed by atoms with van der Waals surface area (Å²) in [7, 11) is 0. The van der Waals surface area contributed by atoms with E-state index in [9.17, 15) is 0 Å². The highest BCUT2D eigenvalue weighted by Gasteiger charge is 2.59. The number of hydrogen-bond donors (Lipinski definition) is 1. The predicted molar refractivity (Wildman–Crippen MR) is 76.7 cm³/mol. The van der Waals surface area contributed by atoms with Crippen molar-refractivity contribution in [3.8, 4) is 0 Å². The molecule has 2 aliphatic rings. The lowest BCUT2D eigenvalue weighted by Crippen LogP contribution is -2.54. The minimum Gasteiger partial charge on any atom is -0.375 e. The van der Waals surface area contributed by atoms with Gasteiger partial charge in [0, 0.05) is 19.2 Å². The number of rotatable bonds is 5. The fraction of sp³-hybridized carbons (Fsp3) is 1.00. The zero-order valence-electron chi connectivity index (χ0n) is 13.1. The molecule has 2 bridgehead atoms. The van der Waals surface area contributed by atoms with Crippen molar-refractivity contribution in [1.29, 1.82) is 0 Å². The molecule has 2 fully saturated rings. The molecule has 3 unspecified atom stereocenters. The van der Waals surface area contributed by atoms with Crippen molar-refractivity contribution < 1.29 is 4.74 Å². The Labute approximate surface area is 113 Å². The molecule has 2 rings (SSSR count). The molecule has 0 heterocycles. The molecule has 2 heteroatoms. The van der Waals surface area contributed by atoms with E-state index in [2.05, 4.69) is 46.9 Å². The first-order chi connectivity index (χ1) is 8.21. The van der Waals surface area contributed by atoms with E-state index in [-0.39, 0.29) is 5.60 Å². The topological polar surface area (TPSA) is 21.3 Å². The Bertz CT molecular complexity index is 305. The molecular weight excluding hydrogens is 222 g/mol. The van der Waals surface area contributed by atoms with Crippen molar-refractivity contribution >= 4 is 0 Å². The molecule has 0 radical (unpaired) electrons. The van der Waals surface area contributed by atoms with Gasteiger partial charge in [-0.25, -0.2) is 0 Å². The Morgan fingerprint density at radius 2 is 1.94 bits per heavy atom. The van der Waals surface area contributed by atoms with Crippen LogP contribution in [-0.4, -0.2) is 24.8 Å². The summed E-state index contributed by atoms with van der Waals surface area (Å²) >= 11 is 0. The average Bonchev–Trinajstić information content (AvgIpc) is 2.68. The lowest BCUT2D eigenvalue weighted by atomic mass is 9.68. The Balaban J connectivity index is 2.01. The van der Waals surface area contributed by atoms with Gasteiger partial charge in [0.05, 0.1) is 5.60 Å². The summed E-state index contributed by atoms with van der Waals surface area (Å²) in [4.78, 5) is 0. The van der Waals surface area contributed by atoms with E-state index in [4.69, 9.17) is 4.74 Å². The number of hydrogen-bond acceptors (Lipinski definition) is 2. The maximum absolute atomic E-state index is 5.81. The summed E-state index contributed by atoms with van der Waals surface area (Å²) in [5.74, 6) is 0.912. The summed E-state index contributed by atoms with van der Waals surface area (Å²) in [5.41, 5.74) is 0.898. The Kier molecular flexibility index (Phi) is 3.57. The molecule has 2 nitrogen and oxygen atoms in total. The van der Waals surface area contributed by atoms with Gasteiger partial charge in [-0.05, 0) is 56.8 Å². The number of ether oxygens (including phenoxy) is 1. The highest BCUT2D eigenvalue weighted by molar-refractivity contribution is 5.12. The first kappa shape index (κ1) is 14.3. The SMILES string of the molecule is CCOC(C)(C)CNC1C2(C)CCC(C2)C1(C)C. The summed E-state index contributed by atoms with van der Waals surface area (Å²) in [6, 6.07) is 0.642. The van der Waals surface area contributed by atoms with Crippen LogP contribution >= 0.6 is 0 Å². The third kappa shape index (κ3) is 2.34. The van der Waals surface area contributed by atoms with Gasteiger partial charge in [-0.2, -0.15) is 0 Å². The smallest absolute Gasteiger partial charge is 0.0750 e. The fourth-order valence-electron chi connectivity index (χ4n) is 4.60. The van der Waals surface area contributed by atoms with Crippen LogP contribution in [0.15, 0.2) is 0 Å². The minimum absolute atomic E-state index is 0.0526. The van der Waals surface area contributed by atoms with Crippen LogP contribution in [0.4, 0.5) is 0 Å². The molecule has 0 spiro atoms. The van der Waals surface area contributed by atoms with Gasteiger partial charge in [-0.1, -0.05) is 20.8 Å². The molecule has 0 aromatic heterocycles. The average molecular weight is 253 g/mol. The first-order valence-corrected chi connectivity index (χ1v) is 7.59. The van der Waals surface area contributed by atoms with E-state index in [1.54, 1.807) is 0 Å². The number of nitrogens with one attached hydrogen (secondary N) is 1. The largest absolute Gasteiger partial charge is 0.375 e. The quantitative estimate of drug-likeness (QED) is 0.808. The Hall–Kier alpha value is -0.0800. The maximum atomic E-state index is 5.81. The molecule has 0 aliphatic heterocycles. The lowest BCUT2D eigenvalue weighted by molar-refractivity contribution is -0.0192. The van der Waals surface area contributed by atoms with Crippen molar-refractivity contribution in [2.75, 3.05) is 13.2 Å². The van der Waals surface area contributed by atoms with E-state index in [1.165, 1.54) is 19.3 Å². The molecule has 106 valence electrons. The molecule has 1 N–H and O–H groups in total. The van der Waals surface area contributed by atoms with Gasteiger partial charge in [0.25, 0.3) is 0 Å². The molecule has 3 atom stereocenters. The van der Waals surface area contributed by atoms with Gasteiger partial charge in [0.1, 0.15) is 0 Å². The third-order valence-corrected chi connectivity index (χ3v) is 5.54. The highest BCUT2D eigenvalue weighted by Crippen LogP contribution is 2.62. The monoisotopic (exact) mass is 253 g/mol. The van der Waals surface area contributed by atoms with Crippen molar-refractivity contribution in [2.24, 2.45) is 16.7 Å². The standard InChI is InChI=1S/C16H31NO/c1-7-18-14(2,3)11-17-13-15(4,5)12-8-9-16(13,6)10-12/h12-13,17H,7-11H2,1-6H3. The van der Waals surface area contributed by atoms with Crippen LogP contribution in [-0.2, 0) is 4.74 Å². The van der Waals surface area contributed by atoms with Crippen molar-refractivity contribution in [2.45, 2.75) is 72.4 Å². The van der Waals surface area contributed by atoms with Crippen LogP contribution in [0.1, 0.15) is 60.8 Å². The third-order valence-electron chi connectivity index (χ3n) is 5.54. The molecule has 0 aromatic carbocycles. The van der Waals surface area contributed by atoms with Gasteiger partial charge in [-0.15, -0.1) is 0 Å². The van der Waals surface area contributed by atoms with E-state index in [0.717, 1.165) is 19.1 Å². The molecule has 0 saturated heterocycles. The molecule has 18 heavy (non-hydrogen) atoms. The zero-order chi connectivity index (χ0) is 13.6.